The molecule has 0 amide bonds. The van der Waals surface area contributed by atoms with Crippen LogP contribution in [-0.2, 0) is 0 Å². The first-order chi connectivity index (χ1) is 5.57. The Kier molecular flexibility index (Phi) is 1.84. The maximum Gasteiger partial charge on any atom is 0.378 e. The van der Waals surface area contributed by atoms with Crippen molar-refractivity contribution in [2.24, 2.45) is 0 Å². The van der Waals surface area contributed by atoms with Gasteiger partial charge < -0.3 is 0 Å². The molecular formula is C5H2F8. The number of hydrogen-bond donors (Lipinski definition) is 0. The summed E-state index contributed by atoms with van der Waals surface area (Å²) in [4.78, 5) is 0. The van der Waals surface area contributed by atoms with Crippen molar-refractivity contribution >= 4 is 0 Å². The fourth-order valence-electron chi connectivity index (χ4n) is 0.936. The van der Waals surface area contributed by atoms with Gasteiger partial charge >= 0.3 is 17.8 Å². The number of halogens is 8. The second-order valence-electron chi connectivity index (χ2n) is 2.62. The lowest BCUT2D eigenvalue weighted by Gasteiger charge is -2.22. The van der Waals surface area contributed by atoms with Gasteiger partial charge in [-0.15, -0.1) is 0 Å². The van der Waals surface area contributed by atoms with Gasteiger partial charge in [-0.2, -0.15) is 26.3 Å². The van der Waals surface area contributed by atoms with E-state index in [2.05, 4.69) is 0 Å². The Morgan fingerprint density at radius 2 is 0.846 bits per heavy atom. The largest absolute Gasteiger partial charge is 0.378 e. The minimum absolute atomic E-state index is 4.18. The molecule has 0 radical (unpaired) electrons. The monoisotopic (exact) mass is 214 g/mol. The van der Waals surface area contributed by atoms with Crippen LogP contribution in [-0.4, -0.2) is 30.1 Å². The molecule has 0 unspecified atom stereocenters. The van der Waals surface area contributed by atoms with Crippen molar-refractivity contribution < 1.29 is 35.1 Å². The molecule has 1 saturated carbocycles. The molecule has 0 aliphatic heterocycles. The Bertz CT molecular complexity index is 199. The summed E-state index contributed by atoms with van der Waals surface area (Å²) in [7, 11) is 0. The first kappa shape index (κ1) is 10.5. The number of alkyl halides is 8. The van der Waals surface area contributed by atoms with E-state index >= 15 is 0 Å². The summed E-state index contributed by atoms with van der Waals surface area (Å²) in [5, 5.41) is 0. The van der Waals surface area contributed by atoms with Gasteiger partial charge in [0.2, 0.25) is 12.3 Å². The molecule has 2 atom stereocenters. The van der Waals surface area contributed by atoms with E-state index in [9.17, 15) is 35.1 Å². The van der Waals surface area contributed by atoms with Gasteiger partial charge in [0.05, 0.1) is 0 Å². The number of hydrogen-bond acceptors (Lipinski definition) is 0. The van der Waals surface area contributed by atoms with Crippen LogP contribution in [0.15, 0.2) is 0 Å². The van der Waals surface area contributed by atoms with E-state index < -0.39 is 30.1 Å². The summed E-state index contributed by atoms with van der Waals surface area (Å²) in [5.74, 6) is -17.3. The van der Waals surface area contributed by atoms with Gasteiger partial charge in [0.25, 0.3) is 0 Å². The van der Waals surface area contributed by atoms with Crippen molar-refractivity contribution in [3.05, 3.63) is 0 Å². The molecule has 78 valence electrons. The predicted molar refractivity (Wildman–Crippen MR) is 24.6 cm³/mol. The Hall–Kier alpha value is -0.560. The number of rotatable bonds is 0. The molecule has 0 aromatic rings. The molecule has 1 aliphatic carbocycles. The molecular weight excluding hydrogens is 212 g/mol. The standard InChI is InChI=1S/C5H2F8/c6-1-2(7)4(10,11)5(12,13)3(1,8)9/h1-2H/t1-,2-/m1/s1. The van der Waals surface area contributed by atoms with Crippen molar-refractivity contribution in [3.63, 3.8) is 0 Å². The molecule has 13 heavy (non-hydrogen) atoms. The lowest BCUT2D eigenvalue weighted by molar-refractivity contribution is -0.281. The zero-order valence-corrected chi connectivity index (χ0v) is 5.68. The summed E-state index contributed by atoms with van der Waals surface area (Å²) < 4.78 is 96.1. The first-order valence-corrected chi connectivity index (χ1v) is 2.98. The quantitative estimate of drug-likeness (QED) is 0.543. The van der Waals surface area contributed by atoms with E-state index in [0.717, 1.165) is 0 Å². The van der Waals surface area contributed by atoms with Crippen LogP contribution in [0.5, 0.6) is 0 Å². The zero-order valence-electron chi connectivity index (χ0n) is 5.68. The molecule has 1 rings (SSSR count). The van der Waals surface area contributed by atoms with Gasteiger partial charge in [0.15, 0.2) is 0 Å². The van der Waals surface area contributed by atoms with E-state index in [1.54, 1.807) is 0 Å². The van der Waals surface area contributed by atoms with Gasteiger partial charge in [-0.05, 0) is 0 Å². The Balaban J connectivity index is 3.23. The van der Waals surface area contributed by atoms with Crippen LogP contribution in [0, 0.1) is 0 Å². The highest BCUT2D eigenvalue weighted by atomic mass is 19.4. The summed E-state index contributed by atoms with van der Waals surface area (Å²) in [6.07, 6.45) is -8.37. The molecule has 0 aromatic heterocycles. The van der Waals surface area contributed by atoms with Gasteiger partial charge in [-0.1, -0.05) is 0 Å². The van der Waals surface area contributed by atoms with E-state index in [-0.39, 0.29) is 0 Å². The van der Waals surface area contributed by atoms with E-state index in [4.69, 9.17) is 0 Å². The Labute approximate surface area is 66.5 Å². The van der Waals surface area contributed by atoms with Crippen molar-refractivity contribution in [1.82, 2.24) is 0 Å². The zero-order chi connectivity index (χ0) is 10.7. The van der Waals surface area contributed by atoms with Crippen LogP contribution in [0.3, 0.4) is 0 Å². The lowest BCUT2D eigenvalue weighted by atomic mass is 10.2. The van der Waals surface area contributed by atoms with Gasteiger partial charge in [-0.3, -0.25) is 0 Å². The smallest absolute Gasteiger partial charge is 0.237 e. The summed E-state index contributed by atoms with van der Waals surface area (Å²) in [5.41, 5.74) is 0. The molecule has 0 nitrogen and oxygen atoms in total. The summed E-state index contributed by atoms with van der Waals surface area (Å²) >= 11 is 0. The maximum absolute atomic E-state index is 12.0. The van der Waals surface area contributed by atoms with Crippen LogP contribution < -0.4 is 0 Å². The third kappa shape index (κ3) is 0.912. The van der Waals surface area contributed by atoms with Crippen molar-refractivity contribution in [1.29, 1.82) is 0 Å². The van der Waals surface area contributed by atoms with Gasteiger partial charge in [-0.25, -0.2) is 8.78 Å². The topological polar surface area (TPSA) is 0 Å². The molecule has 0 spiro atoms. The van der Waals surface area contributed by atoms with Crippen molar-refractivity contribution in [2.45, 2.75) is 30.1 Å². The normalized spacial score (nSPS) is 40.6. The second-order valence-corrected chi connectivity index (χ2v) is 2.62. The van der Waals surface area contributed by atoms with Crippen molar-refractivity contribution in [2.75, 3.05) is 0 Å². The third-order valence-electron chi connectivity index (χ3n) is 1.79. The highest BCUT2D eigenvalue weighted by molar-refractivity contribution is 5.14. The minimum atomic E-state index is -5.99. The van der Waals surface area contributed by atoms with E-state index in [0.29, 0.717) is 0 Å². The fourth-order valence-corrected chi connectivity index (χ4v) is 0.936. The molecule has 0 aromatic carbocycles. The SMILES string of the molecule is F[C@@H]1[C@@H](F)C(F)(F)C(F)(F)C1(F)F. The highest BCUT2D eigenvalue weighted by Crippen LogP contribution is 2.58. The molecule has 0 heterocycles. The van der Waals surface area contributed by atoms with Crippen molar-refractivity contribution in [3.8, 4) is 0 Å². The average Bonchev–Trinajstić information content (AvgIpc) is 2.05. The summed E-state index contributed by atoms with van der Waals surface area (Å²) in [6, 6.07) is 0. The second kappa shape index (κ2) is 2.27. The molecule has 1 aliphatic rings. The Morgan fingerprint density at radius 1 is 0.615 bits per heavy atom. The van der Waals surface area contributed by atoms with E-state index in [1.807, 2.05) is 0 Å². The molecule has 0 N–H and O–H groups in total. The van der Waals surface area contributed by atoms with E-state index in [1.165, 1.54) is 0 Å². The molecule has 1 fully saturated rings. The van der Waals surface area contributed by atoms with Crippen LogP contribution in [0.1, 0.15) is 0 Å². The molecule has 0 saturated heterocycles. The summed E-state index contributed by atoms with van der Waals surface area (Å²) in [6.45, 7) is 0. The average molecular weight is 214 g/mol. The first-order valence-electron chi connectivity index (χ1n) is 2.98. The lowest BCUT2D eigenvalue weighted by Crippen LogP contribution is -2.49. The van der Waals surface area contributed by atoms with Gasteiger partial charge in [0.1, 0.15) is 0 Å². The van der Waals surface area contributed by atoms with Crippen LogP contribution in [0.4, 0.5) is 35.1 Å². The van der Waals surface area contributed by atoms with Crippen LogP contribution >= 0.6 is 0 Å². The van der Waals surface area contributed by atoms with Crippen LogP contribution in [0.25, 0.3) is 0 Å². The van der Waals surface area contributed by atoms with Gasteiger partial charge in [0, 0.05) is 0 Å². The fraction of sp³-hybridized carbons (Fsp3) is 1.00. The highest BCUT2D eigenvalue weighted by Gasteiger charge is 2.86. The minimum Gasteiger partial charge on any atom is -0.237 e. The predicted octanol–water partition coefficient (Wildman–Crippen LogP) is 2.58. The Morgan fingerprint density at radius 3 is 0.923 bits per heavy atom. The third-order valence-corrected chi connectivity index (χ3v) is 1.79. The molecule has 8 heteroatoms. The van der Waals surface area contributed by atoms with Crippen LogP contribution in [0.2, 0.25) is 0 Å². The molecule has 0 bridgehead atoms. The maximum atomic E-state index is 12.0.